The van der Waals surface area contributed by atoms with Gasteiger partial charge in [0.2, 0.25) is 5.78 Å². The lowest BCUT2D eigenvalue weighted by atomic mass is 9.85. The van der Waals surface area contributed by atoms with E-state index in [0.717, 1.165) is 12.0 Å². The van der Waals surface area contributed by atoms with Crippen LogP contribution >= 0.6 is 0 Å². The number of allylic oxidation sites excluding steroid dienone is 2. The Morgan fingerprint density at radius 2 is 1.90 bits per heavy atom. The number of carbonyl (C=O) groups is 1. The van der Waals surface area contributed by atoms with Gasteiger partial charge in [-0.25, -0.2) is 0 Å². The summed E-state index contributed by atoms with van der Waals surface area (Å²) in [6, 6.07) is 9.44. The standard InChI is InChI=1S/C18H17NO2/c20-17(10-4-2-1-3-5-10)16-14-9-13-11-6-7-12(8-11)15(13)18(14)21-19-16/h1-7,11-15,18H,8-9H2/t11-,12-,13+,14+,15+,18+/m0/s1. The summed E-state index contributed by atoms with van der Waals surface area (Å²) in [5.41, 5.74) is 1.37. The lowest BCUT2D eigenvalue weighted by Gasteiger charge is -2.23. The second-order valence-corrected chi connectivity index (χ2v) is 6.77. The monoisotopic (exact) mass is 279 g/mol. The molecule has 1 aromatic carbocycles. The topological polar surface area (TPSA) is 38.7 Å². The fourth-order valence-corrected chi connectivity index (χ4v) is 5.02. The molecule has 0 spiro atoms. The number of oxime groups is 1. The molecule has 1 aromatic rings. The van der Waals surface area contributed by atoms with E-state index in [1.165, 1.54) is 6.42 Å². The molecule has 106 valence electrons. The van der Waals surface area contributed by atoms with Crippen LogP contribution < -0.4 is 0 Å². The first-order valence-corrected chi connectivity index (χ1v) is 7.85. The Hall–Kier alpha value is -1.90. The predicted molar refractivity (Wildman–Crippen MR) is 78.9 cm³/mol. The van der Waals surface area contributed by atoms with E-state index in [2.05, 4.69) is 17.3 Å². The second kappa shape index (κ2) is 4.06. The minimum Gasteiger partial charge on any atom is -0.391 e. The maximum atomic E-state index is 12.7. The van der Waals surface area contributed by atoms with Crippen molar-refractivity contribution in [2.24, 2.45) is 34.7 Å². The number of carbonyl (C=O) groups excluding carboxylic acids is 1. The molecule has 2 saturated carbocycles. The normalized spacial score (nSPS) is 41.6. The van der Waals surface area contributed by atoms with Crippen LogP contribution in [0, 0.1) is 29.6 Å². The molecule has 0 unspecified atom stereocenters. The van der Waals surface area contributed by atoms with Gasteiger partial charge in [0.05, 0.1) is 0 Å². The number of fused-ring (bicyclic) bond motifs is 7. The van der Waals surface area contributed by atoms with Crippen LogP contribution in [0.5, 0.6) is 0 Å². The molecule has 0 amide bonds. The molecule has 5 rings (SSSR count). The van der Waals surface area contributed by atoms with Gasteiger partial charge in [0.25, 0.3) is 0 Å². The van der Waals surface area contributed by atoms with Crippen LogP contribution in [0.15, 0.2) is 47.6 Å². The molecule has 0 saturated heterocycles. The molecule has 1 aliphatic heterocycles. The van der Waals surface area contributed by atoms with Crippen molar-refractivity contribution in [2.75, 3.05) is 0 Å². The molecular weight excluding hydrogens is 262 g/mol. The fraction of sp³-hybridized carbons (Fsp3) is 0.444. The first kappa shape index (κ1) is 11.7. The summed E-state index contributed by atoms with van der Waals surface area (Å²) >= 11 is 0. The van der Waals surface area contributed by atoms with Gasteiger partial charge in [0.15, 0.2) is 0 Å². The van der Waals surface area contributed by atoms with Gasteiger partial charge in [-0.1, -0.05) is 47.6 Å². The van der Waals surface area contributed by atoms with Gasteiger partial charge in [-0.3, -0.25) is 4.79 Å². The SMILES string of the molecule is O=C(C1=NO[C@H]2[C@H]3[C@H](C[C@H]12)[C@H]1C=C[C@H]3C1)c1ccccc1. The maximum Gasteiger partial charge on any atom is 0.211 e. The van der Waals surface area contributed by atoms with E-state index in [0.29, 0.717) is 29.4 Å². The number of nitrogens with zero attached hydrogens (tertiary/aromatic N) is 1. The Morgan fingerprint density at radius 1 is 1.10 bits per heavy atom. The molecule has 3 heteroatoms. The molecule has 2 fully saturated rings. The van der Waals surface area contributed by atoms with Crippen molar-refractivity contribution >= 4 is 11.5 Å². The molecule has 6 atom stereocenters. The van der Waals surface area contributed by atoms with Crippen molar-refractivity contribution in [1.29, 1.82) is 0 Å². The predicted octanol–water partition coefficient (Wildman–Crippen LogP) is 3.08. The van der Waals surface area contributed by atoms with Crippen molar-refractivity contribution in [3.05, 3.63) is 48.0 Å². The summed E-state index contributed by atoms with van der Waals surface area (Å²) in [4.78, 5) is 18.4. The molecule has 0 N–H and O–H groups in total. The Bertz CT molecular complexity index is 663. The average Bonchev–Trinajstić information content (AvgIpc) is 3.25. The maximum absolute atomic E-state index is 12.7. The van der Waals surface area contributed by atoms with Crippen LogP contribution in [0.2, 0.25) is 0 Å². The van der Waals surface area contributed by atoms with Gasteiger partial charge >= 0.3 is 0 Å². The van der Waals surface area contributed by atoms with Crippen LogP contribution in [-0.4, -0.2) is 17.6 Å². The molecule has 4 aliphatic rings. The zero-order chi connectivity index (χ0) is 14.0. The molecule has 1 heterocycles. The molecule has 3 nitrogen and oxygen atoms in total. The summed E-state index contributed by atoms with van der Waals surface area (Å²) in [6.45, 7) is 0. The van der Waals surface area contributed by atoms with Crippen LogP contribution in [-0.2, 0) is 4.84 Å². The Morgan fingerprint density at radius 3 is 2.76 bits per heavy atom. The minimum absolute atomic E-state index is 0.0448. The van der Waals surface area contributed by atoms with Crippen LogP contribution in [0.4, 0.5) is 0 Å². The lowest BCUT2D eigenvalue weighted by molar-refractivity contribution is 0.0268. The summed E-state index contributed by atoms with van der Waals surface area (Å²) in [6.07, 6.45) is 7.22. The highest BCUT2D eigenvalue weighted by atomic mass is 16.6. The van der Waals surface area contributed by atoms with Crippen molar-refractivity contribution in [3.63, 3.8) is 0 Å². The zero-order valence-corrected chi connectivity index (χ0v) is 11.7. The van der Waals surface area contributed by atoms with Crippen molar-refractivity contribution in [1.82, 2.24) is 0 Å². The lowest BCUT2D eigenvalue weighted by Crippen LogP contribution is -2.29. The Balaban J connectivity index is 1.44. The Labute approximate surface area is 123 Å². The summed E-state index contributed by atoms with van der Waals surface area (Å²) in [5, 5.41) is 4.18. The molecule has 0 radical (unpaired) electrons. The van der Waals surface area contributed by atoms with E-state index in [1.807, 2.05) is 30.3 Å². The summed E-state index contributed by atoms with van der Waals surface area (Å²) in [5.74, 6) is 2.89. The number of Topliss-reactive ketones (excluding diaryl/α,β-unsaturated/α-hetero) is 1. The van der Waals surface area contributed by atoms with E-state index in [9.17, 15) is 4.79 Å². The highest BCUT2D eigenvalue weighted by Gasteiger charge is 2.60. The smallest absolute Gasteiger partial charge is 0.211 e. The van der Waals surface area contributed by atoms with Crippen molar-refractivity contribution in [2.45, 2.75) is 18.9 Å². The first-order chi connectivity index (χ1) is 10.3. The van der Waals surface area contributed by atoms with Gasteiger partial charge in [0.1, 0.15) is 11.8 Å². The van der Waals surface area contributed by atoms with Crippen molar-refractivity contribution in [3.8, 4) is 0 Å². The van der Waals surface area contributed by atoms with Gasteiger partial charge in [-0.05, 0) is 30.6 Å². The van der Waals surface area contributed by atoms with Crippen LogP contribution in [0.25, 0.3) is 0 Å². The van der Waals surface area contributed by atoms with E-state index >= 15 is 0 Å². The second-order valence-electron chi connectivity index (χ2n) is 6.77. The molecular formula is C18H17NO2. The number of benzene rings is 1. The minimum atomic E-state index is 0.0448. The Kier molecular flexibility index (Phi) is 2.27. The number of hydrogen-bond donors (Lipinski definition) is 0. The first-order valence-electron chi connectivity index (χ1n) is 7.85. The third kappa shape index (κ3) is 1.49. The van der Waals surface area contributed by atoms with Gasteiger partial charge < -0.3 is 4.84 Å². The number of ketones is 1. The summed E-state index contributed by atoms with van der Waals surface area (Å²) in [7, 11) is 0. The van der Waals surface area contributed by atoms with Gasteiger partial charge in [-0.2, -0.15) is 0 Å². The third-order valence-corrected chi connectivity index (χ3v) is 5.88. The zero-order valence-electron chi connectivity index (χ0n) is 11.7. The van der Waals surface area contributed by atoms with Crippen LogP contribution in [0.3, 0.4) is 0 Å². The quantitative estimate of drug-likeness (QED) is 0.616. The van der Waals surface area contributed by atoms with Crippen LogP contribution in [0.1, 0.15) is 23.2 Å². The van der Waals surface area contributed by atoms with E-state index < -0.39 is 0 Å². The highest BCUT2D eigenvalue weighted by molar-refractivity contribution is 6.47. The third-order valence-electron chi connectivity index (χ3n) is 5.88. The summed E-state index contributed by atoms with van der Waals surface area (Å²) < 4.78 is 0. The van der Waals surface area contributed by atoms with Gasteiger partial charge in [0, 0.05) is 17.4 Å². The number of rotatable bonds is 2. The average molecular weight is 279 g/mol. The molecule has 3 aliphatic carbocycles. The van der Waals surface area contributed by atoms with E-state index in [-0.39, 0.29) is 17.8 Å². The molecule has 0 aromatic heterocycles. The molecule has 21 heavy (non-hydrogen) atoms. The largest absolute Gasteiger partial charge is 0.391 e. The van der Waals surface area contributed by atoms with E-state index in [1.54, 1.807) is 0 Å². The highest BCUT2D eigenvalue weighted by Crippen LogP contribution is 2.59. The molecule has 2 bridgehead atoms. The van der Waals surface area contributed by atoms with Gasteiger partial charge in [-0.15, -0.1) is 0 Å². The fourth-order valence-electron chi connectivity index (χ4n) is 5.02. The number of hydrogen-bond acceptors (Lipinski definition) is 3. The van der Waals surface area contributed by atoms with Crippen molar-refractivity contribution < 1.29 is 9.63 Å². The van der Waals surface area contributed by atoms with E-state index in [4.69, 9.17) is 4.84 Å².